The Labute approximate surface area is 142 Å². The molecule has 1 aromatic carbocycles. The summed E-state index contributed by atoms with van der Waals surface area (Å²) in [4.78, 5) is 31.0. The second-order valence-electron chi connectivity index (χ2n) is 4.96. The van der Waals surface area contributed by atoms with E-state index in [4.69, 9.17) is 11.6 Å². The van der Waals surface area contributed by atoms with Crippen LogP contribution in [0.4, 0.5) is 11.4 Å². The zero-order valence-electron chi connectivity index (χ0n) is 12.4. The van der Waals surface area contributed by atoms with Crippen LogP contribution in [0.3, 0.4) is 0 Å². The summed E-state index contributed by atoms with van der Waals surface area (Å²) in [5.41, 5.74) is 1.92. The molecular formula is C17H13ClN4O2. The molecule has 0 aliphatic heterocycles. The minimum absolute atomic E-state index is 0.278. The highest BCUT2D eigenvalue weighted by molar-refractivity contribution is 6.31. The first-order valence-corrected chi connectivity index (χ1v) is 7.46. The van der Waals surface area contributed by atoms with Gasteiger partial charge in [0.25, 0.3) is 11.8 Å². The third kappa shape index (κ3) is 3.80. The van der Waals surface area contributed by atoms with Crippen LogP contribution in [0.5, 0.6) is 0 Å². The van der Waals surface area contributed by atoms with Gasteiger partial charge in [-0.1, -0.05) is 17.7 Å². The Morgan fingerprint density at radius 1 is 0.958 bits per heavy atom. The quantitative estimate of drug-likeness (QED) is 0.678. The molecule has 0 aliphatic carbocycles. The van der Waals surface area contributed by atoms with Crippen molar-refractivity contribution in [1.82, 2.24) is 9.97 Å². The van der Waals surface area contributed by atoms with Gasteiger partial charge in [0.05, 0.1) is 5.02 Å². The molecule has 2 aromatic heterocycles. The summed E-state index contributed by atoms with van der Waals surface area (Å²) >= 11 is 5.78. The molecule has 24 heavy (non-hydrogen) atoms. The van der Waals surface area contributed by atoms with Crippen LogP contribution >= 0.6 is 11.6 Å². The number of aromatic amines is 1. The van der Waals surface area contributed by atoms with Gasteiger partial charge in [-0.2, -0.15) is 0 Å². The van der Waals surface area contributed by atoms with Gasteiger partial charge in [0, 0.05) is 35.5 Å². The fraction of sp³-hybridized carbons (Fsp3) is 0. The number of H-pyrrole nitrogens is 1. The number of nitrogens with one attached hydrogen (secondary N) is 3. The first kappa shape index (κ1) is 15.8. The SMILES string of the molecule is O=C(Nc1ccncc1)c1cccc(NC(=O)c2cc(Cl)c[nH]2)c1. The number of hydrogen-bond donors (Lipinski definition) is 3. The molecule has 2 heterocycles. The predicted octanol–water partition coefficient (Wildman–Crippen LogP) is 3.57. The summed E-state index contributed by atoms with van der Waals surface area (Å²) < 4.78 is 0. The molecule has 0 bridgehead atoms. The largest absolute Gasteiger partial charge is 0.356 e. The summed E-state index contributed by atoms with van der Waals surface area (Å²) in [5.74, 6) is -0.617. The van der Waals surface area contributed by atoms with E-state index in [1.165, 1.54) is 12.3 Å². The van der Waals surface area contributed by atoms with Crippen molar-refractivity contribution in [2.24, 2.45) is 0 Å². The fourth-order valence-corrected chi connectivity index (χ4v) is 2.24. The van der Waals surface area contributed by atoms with Gasteiger partial charge in [0.1, 0.15) is 5.69 Å². The highest BCUT2D eigenvalue weighted by Crippen LogP contribution is 2.15. The molecule has 120 valence electrons. The number of hydrogen-bond acceptors (Lipinski definition) is 3. The third-order valence-electron chi connectivity index (χ3n) is 3.21. The van der Waals surface area contributed by atoms with E-state index >= 15 is 0 Å². The predicted molar refractivity (Wildman–Crippen MR) is 92.4 cm³/mol. The second kappa shape index (κ2) is 6.97. The second-order valence-corrected chi connectivity index (χ2v) is 5.39. The molecule has 2 amide bonds. The minimum atomic E-state index is -0.339. The summed E-state index contributed by atoms with van der Waals surface area (Å²) in [6, 6.07) is 11.6. The van der Waals surface area contributed by atoms with E-state index in [0.29, 0.717) is 27.7 Å². The fourth-order valence-electron chi connectivity index (χ4n) is 2.07. The van der Waals surface area contributed by atoms with Crippen LogP contribution in [0.15, 0.2) is 61.1 Å². The van der Waals surface area contributed by atoms with Crippen LogP contribution in [0, 0.1) is 0 Å². The molecule has 0 unspecified atom stereocenters. The monoisotopic (exact) mass is 340 g/mol. The van der Waals surface area contributed by atoms with E-state index in [9.17, 15) is 9.59 Å². The Hall–Kier alpha value is -3.12. The van der Waals surface area contributed by atoms with E-state index < -0.39 is 0 Å². The zero-order chi connectivity index (χ0) is 16.9. The summed E-state index contributed by atoms with van der Waals surface area (Å²) in [7, 11) is 0. The lowest BCUT2D eigenvalue weighted by Gasteiger charge is -2.08. The Morgan fingerprint density at radius 3 is 2.42 bits per heavy atom. The summed E-state index contributed by atoms with van der Waals surface area (Å²) in [5, 5.41) is 5.92. The van der Waals surface area contributed by atoms with Crippen LogP contribution in [0.2, 0.25) is 5.02 Å². The lowest BCUT2D eigenvalue weighted by molar-refractivity contribution is 0.101. The number of benzene rings is 1. The molecule has 3 N–H and O–H groups in total. The number of carbonyl (C=O) groups is 2. The van der Waals surface area contributed by atoms with Crippen molar-refractivity contribution in [3.63, 3.8) is 0 Å². The van der Waals surface area contributed by atoms with E-state index in [1.807, 2.05) is 0 Å². The van der Waals surface area contributed by atoms with Gasteiger partial charge in [-0.05, 0) is 36.4 Å². The highest BCUT2D eigenvalue weighted by Gasteiger charge is 2.11. The number of carbonyl (C=O) groups excluding carboxylic acids is 2. The molecule has 3 aromatic rings. The Balaban J connectivity index is 1.72. The van der Waals surface area contributed by atoms with Crippen LogP contribution in [0.25, 0.3) is 0 Å². The number of nitrogens with zero attached hydrogens (tertiary/aromatic N) is 1. The number of rotatable bonds is 4. The molecular weight excluding hydrogens is 328 g/mol. The average molecular weight is 341 g/mol. The number of aromatic nitrogens is 2. The van der Waals surface area contributed by atoms with Gasteiger partial charge in [-0.15, -0.1) is 0 Å². The lowest BCUT2D eigenvalue weighted by Crippen LogP contribution is -2.14. The van der Waals surface area contributed by atoms with Crippen LogP contribution in [-0.4, -0.2) is 21.8 Å². The van der Waals surface area contributed by atoms with Gasteiger partial charge >= 0.3 is 0 Å². The number of pyridine rings is 1. The van der Waals surface area contributed by atoms with Crippen molar-refractivity contribution in [1.29, 1.82) is 0 Å². The van der Waals surface area contributed by atoms with Crippen LogP contribution in [0.1, 0.15) is 20.8 Å². The Bertz CT molecular complexity index is 877. The number of anilines is 2. The summed E-state index contributed by atoms with van der Waals surface area (Å²) in [6.45, 7) is 0. The number of amides is 2. The average Bonchev–Trinajstić information content (AvgIpc) is 3.03. The topological polar surface area (TPSA) is 86.9 Å². The van der Waals surface area contributed by atoms with E-state index in [0.717, 1.165) is 0 Å². The molecule has 0 saturated carbocycles. The Kier molecular flexibility index (Phi) is 4.58. The molecule has 6 nitrogen and oxygen atoms in total. The number of halogens is 1. The maximum atomic E-state index is 12.3. The van der Waals surface area contributed by atoms with Crippen molar-refractivity contribution in [2.45, 2.75) is 0 Å². The van der Waals surface area contributed by atoms with Crippen LogP contribution in [-0.2, 0) is 0 Å². The van der Waals surface area contributed by atoms with Crippen molar-refractivity contribution in [3.05, 3.63) is 77.3 Å². The van der Waals surface area contributed by atoms with E-state index in [-0.39, 0.29) is 11.8 Å². The molecule has 0 spiro atoms. The molecule has 0 saturated heterocycles. The maximum Gasteiger partial charge on any atom is 0.272 e. The Morgan fingerprint density at radius 2 is 1.71 bits per heavy atom. The van der Waals surface area contributed by atoms with Crippen molar-refractivity contribution in [3.8, 4) is 0 Å². The molecule has 0 atom stereocenters. The van der Waals surface area contributed by atoms with Gasteiger partial charge in [0.2, 0.25) is 0 Å². The first-order chi connectivity index (χ1) is 11.6. The first-order valence-electron chi connectivity index (χ1n) is 7.08. The van der Waals surface area contributed by atoms with Crippen molar-refractivity contribution in [2.75, 3.05) is 10.6 Å². The summed E-state index contributed by atoms with van der Waals surface area (Å²) in [6.07, 6.45) is 4.70. The van der Waals surface area contributed by atoms with E-state index in [2.05, 4.69) is 20.6 Å². The maximum absolute atomic E-state index is 12.3. The van der Waals surface area contributed by atoms with Crippen LogP contribution < -0.4 is 10.6 Å². The van der Waals surface area contributed by atoms with Gasteiger partial charge in [-0.3, -0.25) is 14.6 Å². The molecule has 7 heteroatoms. The normalized spacial score (nSPS) is 10.2. The zero-order valence-corrected chi connectivity index (χ0v) is 13.2. The third-order valence-corrected chi connectivity index (χ3v) is 3.43. The van der Waals surface area contributed by atoms with Gasteiger partial charge in [0.15, 0.2) is 0 Å². The van der Waals surface area contributed by atoms with Crippen molar-refractivity contribution < 1.29 is 9.59 Å². The van der Waals surface area contributed by atoms with Gasteiger partial charge in [-0.25, -0.2) is 0 Å². The minimum Gasteiger partial charge on any atom is -0.356 e. The van der Waals surface area contributed by atoms with Crippen molar-refractivity contribution >= 4 is 34.8 Å². The molecule has 0 radical (unpaired) electrons. The standard InChI is InChI=1S/C17H13ClN4O2/c18-12-9-15(20-10-12)17(24)22-14-3-1-2-11(8-14)16(23)21-13-4-6-19-7-5-13/h1-10,20H,(H,22,24)(H,19,21,23). The molecule has 0 fully saturated rings. The lowest BCUT2D eigenvalue weighted by atomic mass is 10.2. The highest BCUT2D eigenvalue weighted by atomic mass is 35.5. The van der Waals surface area contributed by atoms with E-state index in [1.54, 1.807) is 48.8 Å². The van der Waals surface area contributed by atoms with Gasteiger partial charge < -0.3 is 15.6 Å². The molecule has 0 aliphatic rings. The smallest absolute Gasteiger partial charge is 0.272 e. The molecule has 3 rings (SSSR count).